The summed E-state index contributed by atoms with van der Waals surface area (Å²) < 4.78 is 1.89. The van der Waals surface area contributed by atoms with Gasteiger partial charge in [-0.3, -0.25) is 4.68 Å². The molecule has 2 aromatic rings. The molecule has 1 heterocycles. The van der Waals surface area contributed by atoms with Crippen molar-refractivity contribution in [2.24, 2.45) is 5.41 Å². The molecule has 4 nitrogen and oxygen atoms in total. The van der Waals surface area contributed by atoms with Gasteiger partial charge in [-0.05, 0) is 36.3 Å². The summed E-state index contributed by atoms with van der Waals surface area (Å²) >= 11 is 0. The number of aromatic nitrogens is 3. The first-order valence-electron chi connectivity index (χ1n) is 7.80. The molecule has 0 radical (unpaired) electrons. The first-order chi connectivity index (χ1) is 10.2. The third kappa shape index (κ3) is 3.00. The second-order valence-corrected chi connectivity index (χ2v) is 6.55. The molecule has 2 unspecified atom stereocenters. The van der Waals surface area contributed by atoms with Crippen molar-refractivity contribution in [2.75, 3.05) is 6.54 Å². The highest BCUT2D eigenvalue weighted by atomic mass is 15.4. The van der Waals surface area contributed by atoms with Gasteiger partial charge in [0.05, 0.1) is 6.20 Å². The highest BCUT2D eigenvalue weighted by Gasteiger charge is 2.47. The molecule has 0 saturated heterocycles. The monoisotopic (exact) mass is 284 g/mol. The molecule has 1 fully saturated rings. The van der Waals surface area contributed by atoms with E-state index in [1.807, 2.05) is 10.9 Å². The van der Waals surface area contributed by atoms with Crippen LogP contribution in [0.15, 0.2) is 42.7 Å². The topological polar surface area (TPSA) is 42.7 Å². The molecule has 112 valence electrons. The van der Waals surface area contributed by atoms with Gasteiger partial charge in [0.2, 0.25) is 0 Å². The molecule has 2 atom stereocenters. The van der Waals surface area contributed by atoms with E-state index in [1.165, 1.54) is 12.0 Å². The predicted molar refractivity (Wildman–Crippen MR) is 84.0 cm³/mol. The molecule has 1 aliphatic rings. The van der Waals surface area contributed by atoms with E-state index in [4.69, 9.17) is 0 Å². The fourth-order valence-corrected chi connectivity index (χ4v) is 3.39. The average molecular weight is 284 g/mol. The SMILES string of the molecule is CC1(C)C(NCCCn2ccnn2)CC1c1ccccc1. The van der Waals surface area contributed by atoms with E-state index in [2.05, 4.69) is 59.8 Å². The van der Waals surface area contributed by atoms with Crippen LogP contribution in [0.3, 0.4) is 0 Å². The van der Waals surface area contributed by atoms with Crippen molar-refractivity contribution in [1.82, 2.24) is 20.3 Å². The van der Waals surface area contributed by atoms with Crippen LogP contribution in [0.5, 0.6) is 0 Å². The minimum absolute atomic E-state index is 0.328. The summed E-state index contributed by atoms with van der Waals surface area (Å²) in [6.07, 6.45) is 5.97. The Balaban J connectivity index is 1.46. The van der Waals surface area contributed by atoms with Gasteiger partial charge in [0.15, 0.2) is 0 Å². The molecular weight excluding hydrogens is 260 g/mol. The van der Waals surface area contributed by atoms with Crippen LogP contribution in [0.2, 0.25) is 0 Å². The summed E-state index contributed by atoms with van der Waals surface area (Å²) in [5.74, 6) is 0.673. The van der Waals surface area contributed by atoms with Crippen LogP contribution < -0.4 is 5.32 Å². The van der Waals surface area contributed by atoms with E-state index in [1.54, 1.807) is 6.20 Å². The minimum atomic E-state index is 0.328. The van der Waals surface area contributed by atoms with Gasteiger partial charge < -0.3 is 5.32 Å². The molecule has 1 aliphatic carbocycles. The molecular formula is C17H24N4. The third-order valence-electron chi connectivity index (χ3n) is 4.90. The Morgan fingerprint density at radius 3 is 2.76 bits per heavy atom. The second-order valence-electron chi connectivity index (χ2n) is 6.55. The highest BCUT2D eigenvalue weighted by molar-refractivity contribution is 5.27. The van der Waals surface area contributed by atoms with Crippen LogP contribution in [0.1, 0.15) is 38.2 Å². The molecule has 1 aromatic carbocycles. The van der Waals surface area contributed by atoms with Crippen LogP contribution in [0, 0.1) is 5.41 Å². The van der Waals surface area contributed by atoms with Crippen LogP contribution in [0.25, 0.3) is 0 Å². The average Bonchev–Trinajstić information content (AvgIpc) is 3.00. The molecule has 0 bridgehead atoms. The predicted octanol–water partition coefficient (Wildman–Crippen LogP) is 2.84. The number of hydrogen-bond acceptors (Lipinski definition) is 3. The van der Waals surface area contributed by atoms with Crippen LogP contribution in [-0.2, 0) is 6.54 Å². The summed E-state index contributed by atoms with van der Waals surface area (Å²) in [6, 6.07) is 11.5. The highest BCUT2D eigenvalue weighted by Crippen LogP contribution is 2.52. The molecule has 1 aromatic heterocycles. The van der Waals surface area contributed by atoms with Gasteiger partial charge in [0, 0.05) is 18.8 Å². The van der Waals surface area contributed by atoms with Gasteiger partial charge >= 0.3 is 0 Å². The zero-order valence-corrected chi connectivity index (χ0v) is 12.9. The Bertz CT molecular complexity index is 547. The van der Waals surface area contributed by atoms with Crippen molar-refractivity contribution in [3.05, 3.63) is 48.3 Å². The lowest BCUT2D eigenvalue weighted by Crippen LogP contribution is -2.55. The third-order valence-corrected chi connectivity index (χ3v) is 4.90. The molecule has 1 saturated carbocycles. The maximum atomic E-state index is 3.99. The first kappa shape index (κ1) is 14.3. The lowest BCUT2D eigenvalue weighted by molar-refractivity contribution is 0.0689. The Labute approximate surface area is 126 Å². The van der Waals surface area contributed by atoms with E-state index in [0.717, 1.165) is 19.5 Å². The van der Waals surface area contributed by atoms with E-state index in [0.29, 0.717) is 17.4 Å². The number of nitrogens with zero attached hydrogens (tertiary/aromatic N) is 3. The quantitative estimate of drug-likeness (QED) is 0.829. The Morgan fingerprint density at radius 2 is 2.10 bits per heavy atom. The lowest BCUT2D eigenvalue weighted by atomic mass is 9.56. The molecule has 0 spiro atoms. The summed E-state index contributed by atoms with van der Waals surface area (Å²) in [4.78, 5) is 0. The molecule has 4 heteroatoms. The fourth-order valence-electron chi connectivity index (χ4n) is 3.39. The van der Waals surface area contributed by atoms with Crippen molar-refractivity contribution >= 4 is 0 Å². The zero-order chi connectivity index (χ0) is 14.7. The van der Waals surface area contributed by atoms with Gasteiger partial charge in [-0.2, -0.15) is 0 Å². The summed E-state index contributed by atoms with van der Waals surface area (Å²) in [7, 11) is 0. The van der Waals surface area contributed by atoms with Gasteiger partial charge in [-0.25, -0.2) is 0 Å². The van der Waals surface area contributed by atoms with E-state index >= 15 is 0 Å². The summed E-state index contributed by atoms with van der Waals surface area (Å²) in [5, 5.41) is 11.5. The second kappa shape index (κ2) is 5.98. The maximum Gasteiger partial charge on any atom is 0.0692 e. The van der Waals surface area contributed by atoms with Gasteiger partial charge in [0.1, 0.15) is 0 Å². The number of benzene rings is 1. The first-order valence-corrected chi connectivity index (χ1v) is 7.80. The van der Waals surface area contributed by atoms with Crippen molar-refractivity contribution in [2.45, 2.75) is 45.2 Å². The number of hydrogen-bond donors (Lipinski definition) is 1. The fraction of sp³-hybridized carbons (Fsp3) is 0.529. The van der Waals surface area contributed by atoms with Crippen molar-refractivity contribution in [3.63, 3.8) is 0 Å². The van der Waals surface area contributed by atoms with Gasteiger partial charge in [-0.15, -0.1) is 5.10 Å². The summed E-state index contributed by atoms with van der Waals surface area (Å²) in [6.45, 7) is 6.73. The van der Waals surface area contributed by atoms with Crippen LogP contribution in [-0.4, -0.2) is 27.6 Å². The molecule has 0 amide bonds. The van der Waals surface area contributed by atoms with Gasteiger partial charge in [-0.1, -0.05) is 49.4 Å². The van der Waals surface area contributed by atoms with Crippen molar-refractivity contribution in [1.29, 1.82) is 0 Å². The number of nitrogens with one attached hydrogen (secondary N) is 1. The summed E-state index contributed by atoms with van der Waals surface area (Å²) in [5.41, 5.74) is 1.80. The van der Waals surface area contributed by atoms with Crippen LogP contribution >= 0.6 is 0 Å². The number of rotatable bonds is 6. The molecule has 0 aliphatic heterocycles. The lowest BCUT2D eigenvalue weighted by Gasteiger charge is -2.53. The smallest absolute Gasteiger partial charge is 0.0692 e. The molecule has 21 heavy (non-hydrogen) atoms. The molecule has 1 N–H and O–H groups in total. The Kier molecular flexibility index (Phi) is 4.06. The standard InChI is InChI=1S/C17H24N4/c1-17(2)15(14-7-4-3-5-8-14)13-16(17)18-9-6-11-21-12-10-19-20-21/h3-5,7-8,10,12,15-16,18H,6,9,11,13H2,1-2H3. The van der Waals surface area contributed by atoms with Crippen LogP contribution in [0.4, 0.5) is 0 Å². The Hall–Kier alpha value is -1.68. The largest absolute Gasteiger partial charge is 0.313 e. The minimum Gasteiger partial charge on any atom is -0.313 e. The van der Waals surface area contributed by atoms with Crippen molar-refractivity contribution < 1.29 is 0 Å². The van der Waals surface area contributed by atoms with E-state index in [-0.39, 0.29) is 0 Å². The van der Waals surface area contributed by atoms with E-state index in [9.17, 15) is 0 Å². The maximum absolute atomic E-state index is 3.99. The zero-order valence-electron chi connectivity index (χ0n) is 12.9. The van der Waals surface area contributed by atoms with Crippen molar-refractivity contribution in [3.8, 4) is 0 Å². The number of aryl methyl sites for hydroxylation is 1. The normalized spacial score (nSPS) is 23.7. The molecule has 3 rings (SSSR count). The Morgan fingerprint density at radius 1 is 1.29 bits per heavy atom. The van der Waals surface area contributed by atoms with Gasteiger partial charge in [0.25, 0.3) is 0 Å². The van der Waals surface area contributed by atoms with E-state index < -0.39 is 0 Å².